The average Bonchev–Trinajstić information content (AvgIpc) is 3.13. The summed E-state index contributed by atoms with van der Waals surface area (Å²) in [6, 6.07) is 5.78. The van der Waals surface area contributed by atoms with E-state index in [4.69, 9.17) is 5.73 Å². The molecule has 1 fully saturated rings. The number of hydrogen-bond acceptors (Lipinski definition) is 2. The van der Waals surface area contributed by atoms with Gasteiger partial charge in [0.2, 0.25) is 5.91 Å². The molecule has 94 valence electrons. The SMILES string of the molecule is Cc1ccc(NC(=O)CC2CC2)cc1C#CCN. The fourth-order valence-electron chi connectivity index (χ4n) is 1.78. The molecule has 2 rings (SSSR count). The first kappa shape index (κ1) is 12.7. The second kappa shape index (κ2) is 5.70. The van der Waals surface area contributed by atoms with Gasteiger partial charge in [-0.2, -0.15) is 0 Å². The van der Waals surface area contributed by atoms with Gasteiger partial charge in [-0.15, -0.1) is 0 Å². The number of aryl methyl sites for hydroxylation is 1. The molecule has 0 radical (unpaired) electrons. The third kappa shape index (κ3) is 3.61. The number of carbonyl (C=O) groups excluding carboxylic acids is 1. The first-order valence-corrected chi connectivity index (χ1v) is 6.28. The highest BCUT2D eigenvalue weighted by Gasteiger charge is 2.24. The lowest BCUT2D eigenvalue weighted by Crippen LogP contribution is -2.12. The van der Waals surface area contributed by atoms with Gasteiger partial charge in [-0.3, -0.25) is 4.79 Å². The fraction of sp³-hybridized carbons (Fsp3) is 0.400. The van der Waals surface area contributed by atoms with Crippen LogP contribution < -0.4 is 11.1 Å². The number of hydrogen-bond donors (Lipinski definition) is 2. The van der Waals surface area contributed by atoms with Gasteiger partial charge in [-0.1, -0.05) is 17.9 Å². The van der Waals surface area contributed by atoms with Crippen molar-refractivity contribution in [2.45, 2.75) is 26.2 Å². The minimum absolute atomic E-state index is 0.0964. The zero-order chi connectivity index (χ0) is 13.0. The summed E-state index contributed by atoms with van der Waals surface area (Å²) in [4.78, 5) is 11.7. The van der Waals surface area contributed by atoms with Gasteiger partial charge in [0.25, 0.3) is 0 Å². The minimum atomic E-state index is 0.0964. The molecule has 1 aliphatic carbocycles. The number of rotatable bonds is 3. The molecule has 3 heteroatoms. The zero-order valence-electron chi connectivity index (χ0n) is 10.6. The Labute approximate surface area is 108 Å². The van der Waals surface area contributed by atoms with E-state index in [0.717, 1.165) is 16.8 Å². The molecule has 0 aromatic heterocycles. The number of anilines is 1. The Morgan fingerprint density at radius 2 is 2.28 bits per heavy atom. The van der Waals surface area contributed by atoms with E-state index in [0.29, 0.717) is 18.9 Å². The first-order chi connectivity index (χ1) is 8.69. The maximum Gasteiger partial charge on any atom is 0.224 e. The summed E-state index contributed by atoms with van der Waals surface area (Å²) in [7, 11) is 0. The standard InChI is InChI=1S/C15H18N2O/c1-11-4-7-14(10-13(11)3-2-8-16)17-15(18)9-12-5-6-12/h4,7,10,12H,5-6,8-9,16H2,1H3,(H,17,18). The molecule has 3 nitrogen and oxygen atoms in total. The number of benzene rings is 1. The molecular formula is C15H18N2O. The third-order valence-electron chi connectivity index (χ3n) is 3.02. The van der Waals surface area contributed by atoms with E-state index < -0.39 is 0 Å². The van der Waals surface area contributed by atoms with Gasteiger partial charge < -0.3 is 11.1 Å². The van der Waals surface area contributed by atoms with E-state index >= 15 is 0 Å². The Morgan fingerprint density at radius 1 is 1.50 bits per heavy atom. The van der Waals surface area contributed by atoms with Crippen molar-refractivity contribution in [1.82, 2.24) is 0 Å². The summed E-state index contributed by atoms with van der Waals surface area (Å²) >= 11 is 0. The molecule has 0 unspecified atom stereocenters. The molecule has 0 spiro atoms. The third-order valence-corrected chi connectivity index (χ3v) is 3.02. The molecule has 1 aromatic carbocycles. The van der Waals surface area contributed by atoms with Gasteiger partial charge >= 0.3 is 0 Å². The Bertz CT molecular complexity index is 507. The van der Waals surface area contributed by atoms with Crippen LogP contribution in [0.15, 0.2) is 18.2 Å². The van der Waals surface area contributed by atoms with E-state index in [2.05, 4.69) is 17.2 Å². The highest BCUT2D eigenvalue weighted by Crippen LogP contribution is 2.32. The molecule has 18 heavy (non-hydrogen) atoms. The number of nitrogens with two attached hydrogens (primary N) is 1. The van der Waals surface area contributed by atoms with Gasteiger partial charge in [-0.05, 0) is 43.4 Å². The van der Waals surface area contributed by atoms with Crippen molar-refractivity contribution in [2.75, 3.05) is 11.9 Å². The van der Waals surface area contributed by atoms with E-state index in [-0.39, 0.29) is 5.91 Å². The molecule has 0 aliphatic heterocycles. The highest BCUT2D eigenvalue weighted by atomic mass is 16.1. The van der Waals surface area contributed by atoms with Crippen molar-refractivity contribution in [2.24, 2.45) is 11.7 Å². The van der Waals surface area contributed by atoms with Crippen LogP contribution in [0.25, 0.3) is 0 Å². The van der Waals surface area contributed by atoms with Crippen LogP contribution in [0.5, 0.6) is 0 Å². The molecule has 0 heterocycles. The molecular weight excluding hydrogens is 224 g/mol. The largest absolute Gasteiger partial charge is 0.326 e. The molecule has 1 saturated carbocycles. The van der Waals surface area contributed by atoms with E-state index in [1.807, 2.05) is 25.1 Å². The van der Waals surface area contributed by atoms with Gasteiger partial charge in [0.1, 0.15) is 0 Å². The maximum atomic E-state index is 11.7. The van der Waals surface area contributed by atoms with Crippen LogP contribution in [0.2, 0.25) is 0 Å². The quantitative estimate of drug-likeness (QED) is 0.797. The van der Waals surface area contributed by atoms with Crippen molar-refractivity contribution in [3.63, 3.8) is 0 Å². The molecule has 0 atom stereocenters. The Hall–Kier alpha value is -1.79. The van der Waals surface area contributed by atoms with Crippen molar-refractivity contribution in [1.29, 1.82) is 0 Å². The van der Waals surface area contributed by atoms with Gasteiger partial charge in [-0.25, -0.2) is 0 Å². The van der Waals surface area contributed by atoms with Crippen LogP contribution in [0, 0.1) is 24.7 Å². The van der Waals surface area contributed by atoms with Crippen LogP contribution in [-0.4, -0.2) is 12.5 Å². The van der Waals surface area contributed by atoms with Crippen molar-refractivity contribution >= 4 is 11.6 Å². The predicted molar refractivity (Wildman–Crippen MR) is 73.1 cm³/mol. The van der Waals surface area contributed by atoms with Crippen LogP contribution in [-0.2, 0) is 4.79 Å². The van der Waals surface area contributed by atoms with E-state index in [9.17, 15) is 4.79 Å². The Balaban J connectivity index is 2.05. The smallest absolute Gasteiger partial charge is 0.224 e. The lowest BCUT2D eigenvalue weighted by atomic mass is 10.1. The second-order valence-corrected chi connectivity index (χ2v) is 4.73. The zero-order valence-corrected chi connectivity index (χ0v) is 10.6. The summed E-state index contributed by atoms with van der Waals surface area (Å²) in [5.74, 6) is 6.55. The second-order valence-electron chi connectivity index (χ2n) is 4.73. The maximum absolute atomic E-state index is 11.7. The normalized spacial score (nSPS) is 13.7. The molecule has 1 aliphatic rings. The predicted octanol–water partition coefficient (Wildman–Crippen LogP) is 2.04. The number of amides is 1. The minimum Gasteiger partial charge on any atom is -0.326 e. The van der Waals surface area contributed by atoms with Gasteiger partial charge in [0.15, 0.2) is 0 Å². The Kier molecular flexibility index (Phi) is 4.01. The number of carbonyl (C=O) groups is 1. The lowest BCUT2D eigenvalue weighted by Gasteiger charge is -2.06. The van der Waals surface area contributed by atoms with Crippen LogP contribution in [0.3, 0.4) is 0 Å². The van der Waals surface area contributed by atoms with Crippen LogP contribution >= 0.6 is 0 Å². The molecule has 0 bridgehead atoms. The van der Waals surface area contributed by atoms with Crippen molar-refractivity contribution < 1.29 is 4.79 Å². The van der Waals surface area contributed by atoms with Gasteiger partial charge in [0.05, 0.1) is 6.54 Å². The summed E-state index contributed by atoms with van der Waals surface area (Å²) in [5, 5.41) is 2.92. The van der Waals surface area contributed by atoms with Crippen LogP contribution in [0.4, 0.5) is 5.69 Å². The average molecular weight is 242 g/mol. The summed E-state index contributed by atoms with van der Waals surface area (Å²) < 4.78 is 0. The monoisotopic (exact) mass is 242 g/mol. The highest BCUT2D eigenvalue weighted by molar-refractivity contribution is 5.91. The van der Waals surface area contributed by atoms with Crippen molar-refractivity contribution in [3.05, 3.63) is 29.3 Å². The van der Waals surface area contributed by atoms with E-state index in [1.54, 1.807) is 0 Å². The molecule has 0 saturated heterocycles. The molecule has 1 aromatic rings. The molecule has 1 amide bonds. The van der Waals surface area contributed by atoms with E-state index in [1.165, 1.54) is 12.8 Å². The fourth-order valence-corrected chi connectivity index (χ4v) is 1.78. The molecule has 3 N–H and O–H groups in total. The summed E-state index contributed by atoms with van der Waals surface area (Å²) in [6.45, 7) is 2.34. The lowest BCUT2D eigenvalue weighted by molar-refractivity contribution is -0.116. The van der Waals surface area contributed by atoms with Gasteiger partial charge in [0, 0.05) is 17.7 Å². The first-order valence-electron chi connectivity index (χ1n) is 6.28. The summed E-state index contributed by atoms with van der Waals surface area (Å²) in [5.41, 5.74) is 8.19. The topological polar surface area (TPSA) is 55.1 Å². The van der Waals surface area contributed by atoms with Crippen LogP contribution in [0.1, 0.15) is 30.4 Å². The Morgan fingerprint density at radius 3 is 2.94 bits per heavy atom. The summed E-state index contributed by atoms with van der Waals surface area (Å²) in [6.07, 6.45) is 3.01. The van der Waals surface area contributed by atoms with Crippen molar-refractivity contribution in [3.8, 4) is 11.8 Å². The number of nitrogens with one attached hydrogen (secondary N) is 1.